The molecule has 1 aliphatic rings. The van der Waals surface area contributed by atoms with Gasteiger partial charge in [0.25, 0.3) is 0 Å². The molecule has 0 saturated carbocycles. The maximum Gasteiger partial charge on any atom is 0.244 e. The van der Waals surface area contributed by atoms with Gasteiger partial charge in [-0.15, -0.1) is 0 Å². The van der Waals surface area contributed by atoms with E-state index in [0.717, 1.165) is 5.56 Å². The van der Waals surface area contributed by atoms with E-state index in [1.807, 2.05) is 20.8 Å². The van der Waals surface area contributed by atoms with Crippen molar-refractivity contribution in [3.8, 4) is 0 Å². The molecule has 0 radical (unpaired) electrons. The van der Waals surface area contributed by atoms with E-state index in [4.69, 9.17) is 0 Å². The first-order valence-electron chi connectivity index (χ1n) is 7.11. The first-order valence-corrected chi connectivity index (χ1v) is 8.55. The summed E-state index contributed by atoms with van der Waals surface area (Å²) in [6.07, 6.45) is -0.409. The Morgan fingerprint density at radius 2 is 1.76 bits per heavy atom. The average molecular weight is 310 g/mol. The summed E-state index contributed by atoms with van der Waals surface area (Å²) in [6, 6.07) is 6.82. The molecule has 1 amide bonds. The van der Waals surface area contributed by atoms with Crippen LogP contribution in [0.15, 0.2) is 29.2 Å². The molecule has 0 aromatic heterocycles. The average Bonchev–Trinajstić information content (AvgIpc) is 2.84. The minimum absolute atomic E-state index is 0.0385. The van der Waals surface area contributed by atoms with Gasteiger partial charge in [-0.3, -0.25) is 4.79 Å². The van der Waals surface area contributed by atoms with Gasteiger partial charge < -0.3 is 4.90 Å². The number of benzene rings is 1. The third-order valence-electron chi connectivity index (χ3n) is 3.80. The number of amides is 1. The maximum atomic E-state index is 12.8. The minimum Gasteiger partial charge on any atom is -0.325 e. The quantitative estimate of drug-likeness (QED) is 0.856. The van der Waals surface area contributed by atoms with E-state index in [9.17, 15) is 13.2 Å². The Kier molecular flexibility index (Phi) is 4.39. The van der Waals surface area contributed by atoms with Crippen LogP contribution in [-0.2, 0) is 14.8 Å². The van der Waals surface area contributed by atoms with Gasteiger partial charge in [0.15, 0.2) is 0 Å². The van der Waals surface area contributed by atoms with E-state index in [-0.39, 0.29) is 16.7 Å². The Morgan fingerprint density at radius 3 is 2.24 bits per heavy atom. The molecule has 1 atom stereocenters. The third-order valence-corrected chi connectivity index (χ3v) is 5.69. The fraction of sp³-hybridized carbons (Fsp3) is 0.533. The third kappa shape index (κ3) is 2.96. The topological polar surface area (TPSA) is 57.7 Å². The maximum absolute atomic E-state index is 12.8. The van der Waals surface area contributed by atoms with Crippen molar-refractivity contribution < 1.29 is 13.2 Å². The van der Waals surface area contributed by atoms with Crippen molar-refractivity contribution in [1.29, 1.82) is 0 Å². The van der Waals surface area contributed by atoms with Crippen molar-refractivity contribution in [1.82, 2.24) is 9.21 Å². The molecule has 1 heterocycles. The molecule has 1 fully saturated rings. The van der Waals surface area contributed by atoms with Crippen molar-refractivity contribution >= 4 is 15.9 Å². The summed E-state index contributed by atoms with van der Waals surface area (Å²) < 4.78 is 27.1. The number of hydrogen-bond donors (Lipinski definition) is 0. The highest BCUT2D eigenvalue weighted by Gasteiger charge is 2.42. The van der Waals surface area contributed by atoms with E-state index < -0.39 is 16.2 Å². The van der Waals surface area contributed by atoms with Crippen molar-refractivity contribution in [2.75, 3.05) is 13.1 Å². The Morgan fingerprint density at radius 1 is 1.19 bits per heavy atom. The predicted molar refractivity (Wildman–Crippen MR) is 81.1 cm³/mol. The van der Waals surface area contributed by atoms with Gasteiger partial charge in [-0.1, -0.05) is 31.5 Å². The molecular formula is C15H22N2O3S. The number of aryl methyl sites for hydroxylation is 1. The van der Waals surface area contributed by atoms with E-state index in [1.54, 1.807) is 29.2 Å². The number of carbonyl (C=O) groups excluding carboxylic acids is 1. The predicted octanol–water partition coefficient (Wildman–Crippen LogP) is 1.83. The number of nitrogens with zero attached hydrogens (tertiary/aromatic N) is 2. The van der Waals surface area contributed by atoms with E-state index in [0.29, 0.717) is 13.1 Å². The SMILES string of the molecule is CC(=O)N1CCN(S(=O)(=O)c2ccc(C)cc2)[C@H]1C(C)C. The smallest absolute Gasteiger partial charge is 0.244 e. The fourth-order valence-electron chi connectivity index (χ4n) is 2.77. The van der Waals surface area contributed by atoms with Gasteiger partial charge in [0.05, 0.1) is 4.90 Å². The molecule has 2 rings (SSSR count). The molecule has 1 aromatic carbocycles. The number of carbonyl (C=O) groups is 1. The minimum atomic E-state index is -3.58. The highest BCUT2D eigenvalue weighted by Crippen LogP contribution is 2.28. The molecule has 1 aliphatic heterocycles. The highest BCUT2D eigenvalue weighted by molar-refractivity contribution is 7.89. The van der Waals surface area contributed by atoms with Crippen LogP contribution in [0.3, 0.4) is 0 Å². The normalized spacial score (nSPS) is 20.2. The zero-order chi connectivity index (χ0) is 15.8. The van der Waals surface area contributed by atoms with Crippen LogP contribution in [0.1, 0.15) is 26.3 Å². The van der Waals surface area contributed by atoms with Crippen molar-refractivity contribution in [2.45, 2.75) is 38.8 Å². The summed E-state index contributed by atoms with van der Waals surface area (Å²) in [5, 5.41) is 0. The molecular weight excluding hydrogens is 288 g/mol. The number of rotatable bonds is 3. The van der Waals surface area contributed by atoms with Gasteiger partial charge >= 0.3 is 0 Å². The Bertz CT molecular complexity index is 623. The first kappa shape index (κ1) is 16.0. The Hall–Kier alpha value is -1.40. The van der Waals surface area contributed by atoms with Crippen LogP contribution in [0.4, 0.5) is 0 Å². The monoisotopic (exact) mass is 310 g/mol. The lowest BCUT2D eigenvalue weighted by molar-refractivity contribution is -0.131. The van der Waals surface area contributed by atoms with Gasteiger partial charge in [-0.05, 0) is 25.0 Å². The lowest BCUT2D eigenvalue weighted by Crippen LogP contribution is -2.46. The molecule has 0 unspecified atom stereocenters. The summed E-state index contributed by atoms with van der Waals surface area (Å²) in [4.78, 5) is 13.6. The Labute approximate surface area is 126 Å². The Balaban J connectivity index is 2.39. The molecule has 0 N–H and O–H groups in total. The van der Waals surface area contributed by atoms with Crippen LogP contribution in [0.2, 0.25) is 0 Å². The summed E-state index contributed by atoms with van der Waals surface area (Å²) in [5.41, 5.74) is 1.01. The second-order valence-electron chi connectivity index (χ2n) is 5.80. The van der Waals surface area contributed by atoms with Crippen LogP contribution in [0, 0.1) is 12.8 Å². The molecule has 0 aliphatic carbocycles. The zero-order valence-electron chi connectivity index (χ0n) is 12.9. The number of hydrogen-bond acceptors (Lipinski definition) is 3. The molecule has 6 heteroatoms. The van der Waals surface area contributed by atoms with Gasteiger partial charge in [0.1, 0.15) is 6.17 Å². The van der Waals surface area contributed by atoms with E-state index in [2.05, 4.69) is 0 Å². The van der Waals surface area contributed by atoms with Crippen molar-refractivity contribution in [3.05, 3.63) is 29.8 Å². The lowest BCUT2D eigenvalue weighted by atomic mass is 10.1. The molecule has 116 valence electrons. The molecule has 0 bridgehead atoms. The molecule has 5 nitrogen and oxygen atoms in total. The van der Waals surface area contributed by atoms with Crippen molar-refractivity contribution in [3.63, 3.8) is 0 Å². The zero-order valence-corrected chi connectivity index (χ0v) is 13.7. The summed E-state index contributed by atoms with van der Waals surface area (Å²) in [6.45, 7) is 8.06. The molecule has 21 heavy (non-hydrogen) atoms. The standard InChI is InChI=1S/C15H22N2O3S/c1-11(2)15-16(13(4)18)9-10-17(15)21(19,20)14-7-5-12(3)6-8-14/h5-8,11,15H,9-10H2,1-4H3/t15-/m0/s1. The van der Waals surface area contributed by atoms with E-state index in [1.165, 1.54) is 11.2 Å². The first-order chi connectivity index (χ1) is 9.75. The molecule has 1 aromatic rings. The van der Waals surface area contributed by atoms with Crippen molar-refractivity contribution in [2.24, 2.45) is 5.92 Å². The summed E-state index contributed by atoms with van der Waals surface area (Å²) in [7, 11) is -3.58. The van der Waals surface area contributed by atoms with Crippen LogP contribution in [0.5, 0.6) is 0 Å². The second kappa shape index (κ2) is 5.77. The van der Waals surface area contributed by atoms with Gasteiger partial charge in [0, 0.05) is 20.0 Å². The van der Waals surface area contributed by atoms with Crippen LogP contribution >= 0.6 is 0 Å². The highest BCUT2D eigenvalue weighted by atomic mass is 32.2. The largest absolute Gasteiger partial charge is 0.325 e. The molecule has 1 saturated heterocycles. The van der Waals surface area contributed by atoms with Gasteiger partial charge in [-0.2, -0.15) is 4.31 Å². The van der Waals surface area contributed by atoms with Gasteiger partial charge in [0.2, 0.25) is 15.9 Å². The summed E-state index contributed by atoms with van der Waals surface area (Å²) >= 11 is 0. The summed E-state index contributed by atoms with van der Waals surface area (Å²) in [5.74, 6) is -0.0491. The van der Waals surface area contributed by atoms with Crippen LogP contribution in [-0.4, -0.2) is 42.8 Å². The molecule has 0 spiro atoms. The second-order valence-corrected chi connectivity index (χ2v) is 7.69. The van der Waals surface area contributed by atoms with E-state index >= 15 is 0 Å². The van der Waals surface area contributed by atoms with Crippen LogP contribution < -0.4 is 0 Å². The lowest BCUT2D eigenvalue weighted by Gasteiger charge is -2.32. The number of sulfonamides is 1. The van der Waals surface area contributed by atoms with Crippen LogP contribution in [0.25, 0.3) is 0 Å². The fourth-order valence-corrected chi connectivity index (χ4v) is 4.48. The van der Waals surface area contributed by atoms with Gasteiger partial charge in [-0.25, -0.2) is 8.42 Å².